The van der Waals surface area contributed by atoms with Crippen LogP contribution in [0.15, 0.2) is 24.3 Å². The lowest BCUT2D eigenvalue weighted by Crippen LogP contribution is -2.60. The number of hydrogen-bond acceptors (Lipinski definition) is 11. The van der Waals surface area contributed by atoms with Crippen molar-refractivity contribution < 1.29 is 56.8 Å². The second kappa shape index (κ2) is 35.8. The number of carbonyl (C=O) groups excluding carboxylic acids is 2. The maximum atomic E-state index is 12.8. The minimum atomic E-state index is -4.60. The van der Waals surface area contributed by atoms with E-state index in [1.54, 1.807) is 0 Å². The molecule has 0 amide bonds. The number of hydrogen-bond donors (Lipinski definition) is 4. The molecule has 1 heterocycles. The summed E-state index contributed by atoms with van der Waals surface area (Å²) in [5, 5.41) is 30.9. The number of rotatable bonds is 38. The van der Waals surface area contributed by atoms with Gasteiger partial charge >= 0.3 is 11.9 Å². The van der Waals surface area contributed by atoms with Crippen LogP contribution in [0.5, 0.6) is 0 Å². The van der Waals surface area contributed by atoms with Gasteiger partial charge in [0.15, 0.2) is 12.4 Å². The predicted octanol–water partition coefficient (Wildman–Crippen LogP) is 9.23. The van der Waals surface area contributed by atoms with Gasteiger partial charge in [0.1, 0.15) is 36.8 Å². The zero-order valence-electron chi connectivity index (χ0n) is 36.2. The van der Waals surface area contributed by atoms with Crippen molar-refractivity contribution in [2.24, 2.45) is 0 Å². The Kier molecular flexibility index (Phi) is 33.5. The summed E-state index contributed by atoms with van der Waals surface area (Å²) >= 11 is 0. The van der Waals surface area contributed by atoms with Crippen molar-refractivity contribution in [3.05, 3.63) is 24.3 Å². The molecule has 13 heteroatoms. The smallest absolute Gasteiger partial charge is 0.306 e. The van der Waals surface area contributed by atoms with Crippen LogP contribution in [0.4, 0.5) is 0 Å². The quantitative estimate of drug-likeness (QED) is 0.0200. The van der Waals surface area contributed by atoms with E-state index < -0.39 is 71.2 Å². The van der Waals surface area contributed by atoms with Gasteiger partial charge in [-0.3, -0.25) is 14.1 Å². The average Bonchev–Trinajstić information content (AvgIpc) is 3.18. The fraction of sp³-hybridized carbons (Fsp3) is 0.867. The Hall–Kier alpha value is -1.87. The molecule has 6 atom stereocenters. The third-order valence-electron chi connectivity index (χ3n) is 10.6. The van der Waals surface area contributed by atoms with E-state index in [4.69, 9.17) is 18.9 Å². The van der Waals surface area contributed by atoms with E-state index in [0.717, 1.165) is 57.8 Å². The van der Waals surface area contributed by atoms with Crippen LogP contribution >= 0.6 is 0 Å². The Morgan fingerprint density at radius 1 is 0.586 bits per heavy atom. The summed E-state index contributed by atoms with van der Waals surface area (Å²) in [6.45, 7) is 3.73. The minimum absolute atomic E-state index is 0.149. The van der Waals surface area contributed by atoms with Gasteiger partial charge < -0.3 is 34.3 Å². The first-order valence-electron chi connectivity index (χ1n) is 22.9. The summed E-state index contributed by atoms with van der Waals surface area (Å²) in [4.78, 5) is 25.4. The van der Waals surface area contributed by atoms with Crippen LogP contribution in [-0.2, 0) is 38.7 Å². The van der Waals surface area contributed by atoms with Gasteiger partial charge in [0, 0.05) is 12.8 Å². The molecular weight excluding hydrogens is 765 g/mol. The Labute approximate surface area is 351 Å². The molecule has 12 nitrogen and oxygen atoms in total. The zero-order valence-corrected chi connectivity index (χ0v) is 37.0. The molecule has 0 saturated carbocycles. The maximum absolute atomic E-state index is 12.8. The summed E-state index contributed by atoms with van der Waals surface area (Å²) in [6, 6.07) is 0. The average molecular weight is 847 g/mol. The standard InChI is InChI=1S/C45H82O12S/c1-3-5-7-9-11-13-15-17-19-21-23-25-27-29-31-33-40(46)54-35-38(36-55-45-44(50)43(49)42(48)39(57-45)37-58(51,52)53)56-41(47)34-32-30-28-26-24-22-20-18-16-14-12-10-8-6-4-2/h14,16,18,20,38-39,42-45,48-50H,3-13,15,17,19,21-37H2,1-2H3,(H,51,52,53)/b16-14+,20-18+/t38-,39-,42-,43?,44?,45+/m1/s1. The number of ether oxygens (including phenoxy) is 4. The van der Waals surface area contributed by atoms with Gasteiger partial charge in [0.25, 0.3) is 10.1 Å². The highest BCUT2D eigenvalue weighted by atomic mass is 32.2. The molecule has 0 bridgehead atoms. The first-order chi connectivity index (χ1) is 28.0. The molecule has 2 unspecified atom stereocenters. The van der Waals surface area contributed by atoms with Gasteiger partial charge in [0.05, 0.1) is 6.61 Å². The fourth-order valence-corrected chi connectivity index (χ4v) is 7.65. The summed E-state index contributed by atoms with van der Waals surface area (Å²) in [5.41, 5.74) is 0. The van der Waals surface area contributed by atoms with Crippen molar-refractivity contribution in [3.63, 3.8) is 0 Å². The van der Waals surface area contributed by atoms with E-state index in [9.17, 15) is 37.9 Å². The molecule has 340 valence electrons. The number of allylic oxidation sites excluding steroid dienone is 4. The lowest BCUT2D eigenvalue weighted by Gasteiger charge is -2.40. The Morgan fingerprint density at radius 3 is 1.50 bits per heavy atom. The van der Waals surface area contributed by atoms with Crippen LogP contribution in [0.1, 0.15) is 194 Å². The minimum Gasteiger partial charge on any atom is -0.462 e. The van der Waals surface area contributed by atoms with E-state index in [-0.39, 0.29) is 19.4 Å². The third-order valence-corrected chi connectivity index (χ3v) is 11.3. The Bertz CT molecular complexity index is 1180. The summed E-state index contributed by atoms with van der Waals surface area (Å²) in [7, 11) is -4.60. The van der Waals surface area contributed by atoms with Gasteiger partial charge in [-0.2, -0.15) is 8.42 Å². The van der Waals surface area contributed by atoms with E-state index in [1.807, 2.05) is 0 Å². The Morgan fingerprint density at radius 2 is 1.02 bits per heavy atom. The van der Waals surface area contributed by atoms with Gasteiger partial charge in [-0.15, -0.1) is 0 Å². The van der Waals surface area contributed by atoms with Gasteiger partial charge in [-0.1, -0.05) is 167 Å². The van der Waals surface area contributed by atoms with E-state index >= 15 is 0 Å². The molecule has 58 heavy (non-hydrogen) atoms. The SMILES string of the molecule is CCCCCC/C=C/C=C/CCCCCCCC(=O)O[C@H](COC(=O)CCCCCCCCCCCCCCCCC)CO[C@H]1O[C@H](CS(=O)(=O)O)[C@@H](O)C(O)C1O. The molecule has 0 aliphatic carbocycles. The molecule has 0 spiro atoms. The van der Waals surface area contributed by atoms with Crippen LogP contribution in [0, 0.1) is 0 Å². The largest absolute Gasteiger partial charge is 0.462 e. The molecule has 4 N–H and O–H groups in total. The van der Waals surface area contributed by atoms with Crippen molar-refractivity contribution >= 4 is 22.1 Å². The predicted molar refractivity (Wildman–Crippen MR) is 229 cm³/mol. The van der Waals surface area contributed by atoms with Crippen LogP contribution in [0.2, 0.25) is 0 Å². The van der Waals surface area contributed by atoms with E-state index in [1.165, 1.54) is 96.3 Å². The topological polar surface area (TPSA) is 186 Å². The summed E-state index contributed by atoms with van der Waals surface area (Å²) in [6.07, 6.45) is 29.3. The summed E-state index contributed by atoms with van der Waals surface area (Å²) < 4.78 is 54.0. The monoisotopic (exact) mass is 847 g/mol. The molecule has 0 aromatic carbocycles. The van der Waals surface area contributed by atoms with Gasteiger partial charge in [-0.05, 0) is 38.5 Å². The molecule has 0 radical (unpaired) electrons. The Balaban J connectivity index is 2.45. The molecule has 0 aromatic heterocycles. The lowest BCUT2D eigenvalue weighted by atomic mass is 10.00. The number of aliphatic hydroxyl groups excluding tert-OH is 3. The van der Waals surface area contributed by atoms with Crippen LogP contribution in [0.25, 0.3) is 0 Å². The molecular formula is C45H82O12S. The maximum Gasteiger partial charge on any atom is 0.306 e. The van der Waals surface area contributed by atoms with Crippen molar-refractivity contribution in [2.75, 3.05) is 19.0 Å². The number of unbranched alkanes of at least 4 members (excludes halogenated alkanes) is 23. The van der Waals surface area contributed by atoms with E-state index in [0.29, 0.717) is 12.8 Å². The highest BCUT2D eigenvalue weighted by molar-refractivity contribution is 7.85. The van der Waals surface area contributed by atoms with Crippen molar-refractivity contribution in [2.45, 2.75) is 230 Å². The highest BCUT2D eigenvalue weighted by Crippen LogP contribution is 2.24. The van der Waals surface area contributed by atoms with Crippen LogP contribution in [0.3, 0.4) is 0 Å². The molecule has 0 aromatic rings. The first-order valence-corrected chi connectivity index (χ1v) is 24.5. The second-order valence-corrected chi connectivity index (χ2v) is 17.6. The number of esters is 2. The summed E-state index contributed by atoms with van der Waals surface area (Å²) in [5.74, 6) is -1.99. The molecule has 1 aliphatic heterocycles. The van der Waals surface area contributed by atoms with Crippen LogP contribution in [-0.4, -0.2) is 96.0 Å². The van der Waals surface area contributed by atoms with Gasteiger partial charge in [0.2, 0.25) is 0 Å². The number of carbonyl (C=O) groups is 2. The third kappa shape index (κ3) is 30.2. The highest BCUT2D eigenvalue weighted by Gasteiger charge is 2.46. The zero-order chi connectivity index (χ0) is 42.7. The number of aliphatic hydroxyl groups is 3. The van der Waals surface area contributed by atoms with Crippen molar-refractivity contribution in [1.82, 2.24) is 0 Å². The molecule has 1 saturated heterocycles. The molecule has 1 rings (SSSR count). The normalized spacial score (nSPS) is 20.6. The van der Waals surface area contributed by atoms with E-state index in [2.05, 4.69) is 38.2 Å². The first kappa shape index (κ1) is 54.1. The van der Waals surface area contributed by atoms with Crippen molar-refractivity contribution in [1.29, 1.82) is 0 Å². The second-order valence-electron chi connectivity index (χ2n) is 16.1. The fourth-order valence-electron chi connectivity index (χ4n) is 6.96. The van der Waals surface area contributed by atoms with Crippen LogP contribution < -0.4 is 0 Å². The molecule has 1 aliphatic rings. The lowest BCUT2D eigenvalue weighted by molar-refractivity contribution is -0.297. The van der Waals surface area contributed by atoms with Crippen molar-refractivity contribution in [3.8, 4) is 0 Å². The molecule has 1 fully saturated rings. The van der Waals surface area contributed by atoms with Gasteiger partial charge in [-0.25, -0.2) is 0 Å².